The molecule has 1 atom stereocenters. The third kappa shape index (κ3) is 3.22. The first-order chi connectivity index (χ1) is 12.7. The summed E-state index contributed by atoms with van der Waals surface area (Å²) in [4.78, 5) is 28.1. The molecule has 1 fully saturated rings. The molecule has 0 radical (unpaired) electrons. The Hall–Kier alpha value is -3.02. The molecule has 0 saturated carbocycles. The van der Waals surface area contributed by atoms with Gasteiger partial charge in [-0.25, -0.2) is 9.97 Å². The van der Waals surface area contributed by atoms with Crippen LogP contribution in [0.2, 0.25) is 0 Å². The highest BCUT2D eigenvalue weighted by molar-refractivity contribution is 5.79. The fourth-order valence-corrected chi connectivity index (χ4v) is 3.51. The van der Waals surface area contributed by atoms with E-state index in [1.54, 1.807) is 18.6 Å². The Labute approximate surface area is 152 Å². The number of aromatic nitrogens is 4. The molecule has 3 aromatic rings. The number of carbonyl (C=O) groups is 1. The zero-order chi connectivity index (χ0) is 17.9. The summed E-state index contributed by atoms with van der Waals surface area (Å²) in [5.74, 6) is 1.74. The maximum atomic E-state index is 12.8. The van der Waals surface area contributed by atoms with Gasteiger partial charge >= 0.3 is 0 Å². The summed E-state index contributed by atoms with van der Waals surface area (Å²) in [7, 11) is 0. The molecule has 4 rings (SSSR count). The first-order valence-corrected chi connectivity index (χ1v) is 8.88. The maximum absolute atomic E-state index is 12.8. The summed E-state index contributed by atoms with van der Waals surface area (Å²) in [6, 6.07) is 9.86. The summed E-state index contributed by atoms with van der Waals surface area (Å²) in [6.07, 6.45) is 9.44. The van der Waals surface area contributed by atoms with Crippen LogP contribution in [0, 0.1) is 6.92 Å². The number of likely N-dealkylation sites (tertiary alicyclic amines) is 1. The number of imidazole rings is 1. The van der Waals surface area contributed by atoms with Crippen molar-refractivity contribution in [3.8, 4) is 5.82 Å². The summed E-state index contributed by atoms with van der Waals surface area (Å²) < 4.78 is 1.90. The van der Waals surface area contributed by atoms with Crippen molar-refractivity contribution in [3.63, 3.8) is 0 Å². The molecule has 132 valence electrons. The Morgan fingerprint density at radius 3 is 2.85 bits per heavy atom. The van der Waals surface area contributed by atoms with Crippen molar-refractivity contribution in [2.45, 2.75) is 32.2 Å². The van der Waals surface area contributed by atoms with E-state index in [4.69, 9.17) is 4.98 Å². The fraction of sp³-hybridized carbons (Fsp3) is 0.300. The second-order valence-electron chi connectivity index (χ2n) is 6.55. The number of amides is 1. The molecular formula is C20H21N5O. The molecule has 6 heteroatoms. The molecule has 1 saturated heterocycles. The van der Waals surface area contributed by atoms with E-state index in [2.05, 4.69) is 9.97 Å². The number of hydrogen-bond acceptors (Lipinski definition) is 4. The summed E-state index contributed by atoms with van der Waals surface area (Å²) in [6.45, 7) is 2.70. The van der Waals surface area contributed by atoms with Crippen molar-refractivity contribution in [2.24, 2.45) is 0 Å². The molecule has 3 heterocycles. The molecule has 0 spiro atoms. The number of hydrogen-bond donors (Lipinski definition) is 0. The predicted octanol–water partition coefficient (Wildman–Crippen LogP) is 2.88. The van der Waals surface area contributed by atoms with Gasteiger partial charge in [0.1, 0.15) is 5.82 Å². The third-order valence-corrected chi connectivity index (χ3v) is 4.83. The molecule has 2 aromatic heterocycles. The zero-order valence-corrected chi connectivity index (χ0v) is 14.7. The lowest BCUT2D eigenvalue weighted by Crippen LogP contribution is -2.32. The van der Waals surface area contributed by atoms with Crippen LogP contribution in [-0.2, 0) is 11.2 Å². The highest BCUT2D eigenvalue weighted by Gasteiger charge is 2.31. The highest BCUT2D eigenvalue weighted by Crippen LogP contribution is 2.31. The molecule has 6 nitrogen and oxygen atoms in total. The quantitative estimate of drug-likeness (QED) is 0.728. The van der Waals surface area contributed by atoms with E-state index in [0.717, 1.165) is 42.3 Å². The molecule has 0 N–H and O–H groups in total. The van der Waals surface area contributed by atoms with Gasteiger partial charge in [-0.05, 0) is 25.3 Å². The minimum absolute atomic E-state index is 0.0116. The third-order valence-electron chi connectivity index (χ3n) is 4.83. The molecule has 1 aliphatic heterocycles. The van der Waals surface area contributed by atoms with Gasteiger partial charge in [-0.1, -0.05) is 30.3 Å². The van der Waals surface area contributed by atoms with E-state index in [0.29, 0.717) is 6.42 Å². The Kier molecular flexibility index (Phi) is 4.48. The lowest BCUT2D eigenvalue weighted by molar-refractivity contribution is -0.131. The molecule has 0 bridgehead atoms. The Morgan fingerprint density at radius 1 is 1.23 bits per heavy atom. The normalized spacial score (nSPS) is 16.8. The average molecular weight is 347 g/mol. The van der Waals surface area contributed by atoms with Crippen molar-refractivity contribution in [1.82, 2.24) is 24.4 Å². The van der Waals surface area contributed by atoms with Gasteiger partial charge in [0.25, 0.3) is 0 Å². The SMILES string of the molecule is Cc1nccn1-c1cncc(C2CCCN2C(=O)Cc2ccccc2)n1. The minimum atomic E-state index is -0.0116. The van der Waals surface area contributed by atoms with Crippen LogP contribution in [0.1, 0.15) is 36.0 Å². The van der Waals surface area contributed by atoms with E-state index in [1.807, 2.05) is 52.9 Å². The van der Waals surface area contributed by atoms with Crippen LogP contribution in [-0.4, -0.2) is 36.9 Å². The first kappa shape index (κ1) is 16.4. The summed E-state index contributed by atoms with van der Waals surface area (Å²) in [5.41, 5.74) is 1.88. The predicted molar refractivity (Wildman–Crippen MR) is 97.7 cm³/mol. The molecule has 1 aliphatic rings. The van der Waals surface area contributed by atoms with Gasteiger partial charge in [-0.2, -0.15) is 0 Å². The topological polar surface area (TPSA) is 63.9 Å². The zero-order valence-electron chi connectivity index (χ0n) is 14.7. The van der Waals surface area contributed by atoms with Crippen molar-refractivity contribution in [1.29, 1.82) is 0 Å². The highest BCUT2D eigenvalue weighted by atomic mass is 16.2. The lowest BCUT2D eigenvalue weighted by Gasteiger charge is -2.24. The van der Waals surface area contributed by atoms with Gasteiger partial charge in [-0.3, -0.25) is 14.3 Å². The number of aryl methyl sites for hydroxylation is 1. The summed E-state index contributed by atoms with van der Waals surface area (Å²) in [5, 5.41) is 0. The number of carbonyl (C=O) groups excluding carboxylic acids is 1. The fourth-order valence-electron chi connectivity index (χ4n) is 3.51. The van der Waals surface area contributed by atoms with Gasteiger partial charge in [0.2, 0.25) is 5.91 Å². The lowest BCUT2D eigenvalue weighted by atomic mass is 10.1. The maximum Gasteiger partial charge on any atom is 0.227 e. The molecule has 0 aliphatic carbocycles. The smallest absolute Gasteiger partial charge is 0.227 e. The second kappa shape index (κ2) is 7.07. The minimum Gasteiger partial charge on any atom is -0.334 e. The van der Waals surface area contributed by atoms with Crippen LogP contribution in [0.25, 0.3) is 5.82 Å². The Balaban J connectivity index is 1.57. The Bertz CT molecular complexity index is 905. The monoisotopic (exact) mass is 347 g/mol. The van der Waals surface area contributed by atoms with E-state index < -0.39 is 0 Å². The van der Waals surface area contributed by atoms with Crippen molar-refractivity contribution in [2.75, 3.05) is 6.54 Å². The Morgan fingerprint density at radius 2 is 2.08 bits per heavy atom. The van der Waals surface area contributed by atoms with Crippen LogP contribution in [0.15, 0.2) is 55.1 Å². The van der Waals surface area contributed by atoms with Crippen LogP contribution in [0.5, 0.6) is 0 Å². The molecule has 1 aromatic carbocycles. The van der Waals surface area contributed by atoms with Gasteiger partial charge in [-0.15, -0.1) is 0 Å². The van der Waals surface area contributed by atoms with Gasteiger partial charge in [0.05, 0.1) is 30.6 Å². The summed E-state index contributed by atoms with van der Waals surface area (Å²) >= 11 is 0. The van der Waals surface area contributed by atoms with Crippen LogP contribution >= 0.6 is 0 Å². The van der Waals surface area contributed by atoms with Crippen LogP contribution in [0.4, 0.5) is 0 Å². The van der Waals surface area contributed by atoms with E-state index in [1.165, 1.54) is 0 Å². The van der Waals surface area contributed by atoms with Crippen LogP contribution < -0.4 is 0 Å². The van der Waals surface area contributed by atoms with Crippen molar-refractivity contribution in [3.05, 3.63) is 72.2 Å². The molecule has 1 unspecified atom stereocenters. The average Bonchev–Trinajstić information content (AvgIpc) is 3.32. The van der Waals surface area contributed by atoms with E-state index >= 15 is 0 Å². The van der Waals surface area contributed by atoms with E-state index in [-0.39, 0.29) is 11.9 Å². The number of nitrogens with zero attached hydrogens (tertiary/aromatic N) is 5. The van der Waals surface area contributed by atoms with Crippen molar-refractivity contribution >= 4 is 5.91 Å². The van der Waals surface area contributed by atoms with E-state index in [9.17, 15) is 4.79 Å². The number of rotatable bonds is 4. The first-order valence-electron chi connectivity index (χ1n) is 8.88. The van der Waals surface area contributed by atoms with Crippen LogP contribution in [0.3, 0.4) is 0 Å². The second-order valence-corrected chi connectivity index (χ2v) is 6.55. The van der Waals surface area contributed by atoms with Gasteiger partial charge in [0, 0.05) is 18.9 Å². The largest absolute Gasteiger partial charge is 0.334 e. The molecule has 26 heavy (non-hydrogen) atoms. The van der Waals surface area contributed by atoms with Crippen molar-refractivity contribution < 1.29 is 4.79 Å². The molecular weight excluding hydrogens is 326 g/mol. The van der Waals surface area contributed by atoms with Gasteiger partial charge < -0.3 is 4.90 Å². The number of benzene rings is 1. The van der Waals surface area contributed by atoms with Gasteiger partial charge in [0.15, 0.2) is 5.82 Å². The molecule has 1 amide bonds. The standard InChI is InChI=1S/C20H21N5O/c1-15-22-9-11-24(15)19-14-21-13-17(23-19)18-8-5-10-25(18)20(26)12-16-6-3-2-4-7-16/h2-4,6-7,9,11,13-14,18H,5,8,10,12H2,1H3.